The first-order valence-electron chi connectivity index (χ1n) is 7.02. The van der Waals surface area contributed by atoms with Crippen LogP contribution in [0.3, 0.4) is 0 Å². The van der Waals surface area contributed by atoms with Gasteiger partial charge in [0.1, 0.15) is 11.6 Å². The van der Waals surface area contributed by atoms with Gasteiger partial charge in [0.15, 0.2) is 0 Å². The number of rotatable bonds is 4. The Morgan fingerprint density at radius 3 is 3.11 bits per heavy atom. The van der Waals surface area contributed by atoms with E-state index in [0.29, 0.717) is 0 Å². The second kappa shape index (κ2) is 4.97. The Morgan fingerprint density at radius 2 is 2.28 bits per heavy atom. The molecular weight excluding hydrogens is 228 g/mol. The number of hydrogen-bond donors (Lipinski definition) is 1. The third-order valence-corrected chi connectivity index (χ3v) is 4.02. The van der Waals surface area contributed by atoms with E-state index in [0.717, 1.165) is 50.7 Å². The van der Waals surface area contributed by atoms with Crippen molar-refractivity contribution in [2.75, 3.05) is 13.2 Å². The Hall–Kier alpha value is -0.940. The molecule has 5 heteroatoms. The van der Waals surface area contributed by atoms with Crippen molar-refractivity contribution < 1.29 is 4.74 Å². The second-order valence-electron chi connectivity index (χ2n) is 5.65. The molecule has 100 valence electrons. The number of aryl methyl sites for hydroxylation is 1. The average Bonchev–Trinajstić information content (AvgIpc) is 2.97. The van der Waals surface area contributed by atoms with Crippen LogP contribution in [0.25, 0.3) is 0 Å². The van der Waals surface area contributed by atoms with E-state index in [4.69, 9.17) is 4.74 Å². The maximum Gasteiger partial charge on any atom is 0.147 e. The highest BCUT2D eigenvalue weighted by molar-refractivity contribution is 4.99. The van der Waals surface area contributed by atoms with Gasteiger partial charge in [0.25, 0.3) is 0 Å². The van der Waals surface area contributed by atoms with Crippen molar-refractivity contribution in [2.24, 2.45) is 0 Å². The van der Waals surface area contributed by atoms with Crippen LogP contribution in [0, 0.1) is 0 Å². The molecule has 1 aromatic rings. The van der Waals surface area contributed by atoms with Crippen LogP contribution in [0.1, 0.15) is 44.3 Å². The van der Waals surface area contributed by atoms with Gasteiger partial charge >= 0.3 is 0 Å². The number of hydrogen-bond acceptors (Lipinski definition) is 4. The summed E-state index contributed by atoms with van der Waals surface area (Å²) in [5.74, 6) is 2.23. The SMILES string of the molecule is CC1(CNCc2nnc3n2CCCC3)CCCO1. The quantitative estimate of drug-likeness (QED) is 0.874. The Bertz CT molecular complexity index is 409. The van der Waals surface area contributed by atoms with Gasteiger partial charge in [-0.05, 0) is 32.6 Å². The normalized spacial score (nSPS) is 27.4. The van der Waals surface area contributed by atoms with Gasteiger partial charge in [-0.25, -0.2) is 0 Å². The molecule has 0 spiro atoms. The zero-order valence-electron chi connectivity index (χ0n) is 11.1. The minimum atomic E-state index is 0.0186. The fourth-order valence-corrected chi connectivity index (χ4v) is 2.91. The molecule has 1 N–H and O–H groups in total. The summed E-state index contributed by atoms with van der Waals surface area (Å²) < 4.78 is 8.04. The lowest BCUT2D eigenvalue weighted by Gasteiger charge is -2.23. The maximum atomic E-state index is 5.77. The van der Waals surface area contributed by atoms with Crippen LogP contribution in [-0.2, 0) is 24.2 Å². The third kappa shape index (κ3) is 2.42. The molecule has 18 heavy (non-hydrogen) atoms. The van der Waals surface area contributed by atoms with Crippen LogP contribution in [0.15, 0.2) is 0 Å². The highest BCUT2D eigenvalue weighted by Crippen LogP contribution is 2.24. The van der Waals surface area contributed by atoms with Crippen LogP contribution in [0.2, 0.25) is 0 Å². The lowest BCUT2D eigenvalue weighted by molar-refractivity contribution is 0.0205. The molecule has 1 atom stereocenters. The Morgan fingerprint density at radius 1 is 1.33 bits per heavy atom. The summed E-state index contributed by atoms with van der Waals surface area (Å²) in [6, 6.07) is 0. The molecule has 0 bridgehead atoms. The Balaban J connectivity index is 1.55. The van der Waals surface area contributed by atoms with Crippen molar-refractivity contribution in [3.8, 4) is 0 Å². The van der Waals surface area contributed by atoms with E-state index < -0.39 is 0 Å². The van der Waals surface area contributed by atoms with Crippen molar-refractivity contribution in [2.45, 2.75) is 57.7 Å². The van der Waals surface area contributed by atoms with Crippen LogP contribution in [-0.4, -0.2) is 33.5 Å². The first-order chi connectivity index (χ1) is 8.77. The summed E-state index contributed by atoms with van der Waals surface area (Å²) in [7, 11) is 0. The molecule has 0 radical (unpaired) electrons. The van der Waals surface area contributed by atoms with E-state index >= 15 is 0 Å². The summed E-state index contributed by atoms with van der Waals surface area (Å²) in [5.41, 5.74) is 0.0186. The van der Waals surface area contributed by atoms with E-state index in [2.05, 4.69) is 27.0 Å². The van der Waals surface area contributed by atoms with Crippen LogP contribution >= 0.6 is 0 Å². The van der Waals surface area contributed by atoms with Gasteiger partial charge < -0.3 is 14.6 Å². The summed E-state index contributed by atoms with van der Waals surface area (Å²) >= 11 is 0. The van der Waals surface area contributed by atoms with Gasteiger partial charge in [-0.15, -0.1) is 10.2 Å². The summed E-state index contributed by atoms with van der Waals surface area (Å²) in [6.07, 6.45) is 5.90. The molecule has 0 saturated carbocycles. The molecule has 1 aromatic heterocycles. The van der Waals surface area contributed by atoms with Crippen molar-refractivity contribution >= 4 is 0 Å². The monoisotopic (exact) mass is 250 g/mol. The average molecular weight is 250 g/mol. The fourth-order valence-electron chi connectivity index (χ4n) is 2.91. The molecule has 0 aromatic carbocycles. The highest BCUT2D eigenvalue weighted by Gasteiger charge is 2.29. The predicted octanol–water partition coefficient (Wildman–Crippen LogP) is 1.27. The van der Waals surface area contributed by atoms with E-state index in [1.165, 1.54) is 19.3 Å². The van der Waals surface area contributed by atoms with Gasteiger partial charge in [-0.3, -0.25) is 0 Å². The number of nitrogens with one attached hydrogen (secondary N) is 1. The molecule has 0 amide bonds. The van der Waals surface area contributed by atoms with Crippen molar-refractivity contribution in [3.63, 3.8) is 0 Å². The molecule has 1 saturated heterocycles. The zero-order valence-corrected chi connectivity index (χ0v) is 11.1. The molecular formula is C13H22N4O. The first kappa shape index (κ1) is 12.1. The summed E-state index contributed by atoms with van der Waals surface area (Å²) in [6.45, 7) is 5.86. The van der Waals surface area contributed by atoms with Crippen molar-refractivity contribution in [1.82, 2.24) is 20.1 Å². The number of aromatic nitrogens is 3. The summed E-state index contributed by atoms with van der Waals surface area (Å²) in [5, 5.41) is 12.0. The molecule has 3 rings (SSSR count). The van der Waals surface area contributed by atoms with Gasteiger partial charge in [0.2, 0.25) is 0 Å². The van der Waals surface area contributed by atoms with Crippen LogP contribution < -0.4 is 5.32 Å². The van der Waals surface area contributed by atoms with E-state index in [1.54, 1.807) is 0 Å². The largest absolute Gasteiger partial charge is 0.374 e. The van der Waals surface area contributed by atoms with Gasteiger partial charge in [-0.1, -0.05) is 0 Å². The lowest BCUT2D eigenvalue weighted by atomic mass is 10.0. The fraction of sp³-hybridized carbons (Fsp3) is 0.846. The molecule has 1 unspecified atom stereocenters. The van der Waals surface area contributed by atoms with Crippen molar-refractivity contribution in [3.05, 3.63) is 11.6 Å². The number of ether oxygens (including phenoxy) is 1. The van der Waals surface area contributed by atoms with Gasteiger partial charge in [-0.2, -0.15) is 0 Å². The molecule has 2 aliphatic rings. The molecule has 2 aliphatic heterocycles. The van der Waals surface area contributed by atoms with E-state index in [-0.39, 0.29) is 5.60 Å². The standard InChI is InChI=1S/C13H22N4O/c1-13(6-4-8-18-13)10-14-9-12-16-15-11-5-2-3-7-17(11)12/h14H,2-10H2,1H3. The minimum absolute atomic E-state index is 0.0186. The number of fused-ring (bicyclic) bond motifs is 1. The Kier molecular flexibility index (Phi) is 3.35. The van der Waals surface area contributed by atoms with E-state index in [1.807, 2.05) is 0 Å². The third-order valence-electron chi connectivity index (χ3n) is 4.02. The second-order valence-corrected chi connectivity index (χ2v) is 5.65. The van der Waals surface area contributed by atoms with Crippen LogP contribution in [0.5, 0.6) is 0 Å². The lowest BCUT2D eigenvalue weighted by Crippen LogP contribution is -2.37. The topological polar surface area (TPSA) is 52.0 Å². The summed E-state index contributed by atoms with van der Waals surface area (Å²) in [4.78, 5) is 0. The highest BCUT2D eigenvalue weighted by atomic mass is 16.5. The van der Waals surface area contributed by atoms with Crippen molar-refractivity contribution in [1.29, 1.82) is 0 Å². The maximum absolute atomic E-state index is 5.77. The van der Waals surface area contributed by atoms with Gasteiger partial charge in [0.05, 0.1) is 12.1 Å². The van der Waals surface area contributed by atoms with E-state index in [9.17, 15) is 0 Å². The molecule has 0 aliphatic carbocycles. The smallest absolute Gasteiger partial charge is 0.147 e. The molecule has 3 heterocycles. The minimum Gasteiger partial charge on any atom is -0.374 e. The zero-order chi connectivity index (χ0) is 12.4. The number of nitrogens with zero attached hydrogens (tertiary/aromatic N) is 3. The molecule has 1 fully saturated rings. The first-order valence-corrected chi connectivity index (χ1v) is 7.02. The van der Waals surface area contributed by atoms with Gasteiger partial charge in [0, 0.05) is 26.1 Å². The predicted molar refractivity (Wildman–Crippen MR) is 68.3 cm³/mol. The van der Waals surface area contributed by atoms with Crippen LogP contribution in [0.4, 0.5) is 0 Å². The Labute approximate surface area is 108 Å². The molecule has 5 nitrogen and oxygen atoms in total.